The fourth-order valence-corrected chi connectivity index (χ4v) is 6.05. The van der Waals surface area contributed by atoms with Gasteiger partial charge in [-0.3, -0.25) is 0 Å². The number of fused-ring (bicyclic) bond motifs is 3. The molecule has 1 aliphatic carbocycles. The van der Waals surface area contributed by atoms with Crippen LogP contribution in [-0.4, -0.2) is 17.7 Å². The predicted octanol–water partition coefficient (Wildman–Crippen LogP) is 9.51. The average molecular weight is 495 g/mol. The Morgan fingerprint density at radius 2 is 1.67 bits per heavy atom. The number of halogens is 3. The van der Waals surface area contributed by atoms with Gasteiger partial charge in [0.15, 0.2) is 0 Å². The van der Waals surface area contributed by atoms with Gasteiger partial charge in [0.05, 0.1) is 11.0 Å². The summed E-state index contributed by atoms with van der Waals surface area (Å²) in [5, 5.41) is 2.39. The lowest BCUT2D eigenvalue weighted by atomic mass is 9.92. The molecule has 2 heterocycles. The molecule has 0 saturated carbocycles. The zero-order valence-corrected chi connectivity index (χ0v) is 21.1. The average Bonchev–Trinajstić information content (AvgIpc) is 3.30. The fraction of sp³-hybridized carbons (Fsp3) is 0.516. The summed E-state index contributed by atoms with van der Waals surface area (Å²) in [5.74, 6) is 0.737. The molecule has 2 aliphatic rings. The molecule has 1 saturated heterocycles. The van der Waals surface area contributed by atoms with Crippen molar-refractivity contribution in [3.05, 3.63) is 59.8 Å². The van der Waals surface area contributed by atoms with E-state index in [9.17, 15) is 13.2 Å². The Morgan fingerprint density at radius 3 is 2.50 bits per heavy atom. The lowest BCUT2D eigenvalue weighted by Crippen LogP contribution is -2.19. The Kier molecular flexibility index (Phi) is 7.83. The Balaban J connectivity index is 1.19. The van der Waals surface area contributed by atoms with Crippen LogP contribution in [0.15, 0.2) is 54.2 Å². The second-order valence-electron chi connectivity index (χ2n) is 10.6. The minimum atomic E-state index is -4.01. The zero-order valence-electron chi connectivity index (χ0n) is 21.1. The number of alkyl halides is 3. The molecule has 3 aromatic rings. The second-order valence-corrected chi connectivity index (χ2v) is 10.6. The number of pyridine rings is 1. The van der Waals surface area contributed by atoms with Crippen LogP contribution in [0.4, 0.5) is 18.9 Å². The van der Waals surface area contributed by atoms with Gasteiger partial charge in [-0.2, -0.15) is 13.2 Å². The van der Waals surface area contributed by atoms with E-state index in [1.807, 2.05) is 0 Å². The maximum atomic E-state index is 12.2. The van der Waals surface area contributed by atoms with Crippen LogP contribution in [0, 0.1) is 5.92 Å². The lowest BCUT2D eigenvalue weighted by molar-refractivity contribution is -0.135. The largest absolute Gasteiger partial charge is 0.389 e. The number of nitrogens with zero attached hydrogens (tertiary/aromatic N) is 2. The Labute approximate surface area is 212 Å². The van der Waals surface area contributed by atoms with Gasteiger partial charge < -0.3 is 4.90 Å². The zero-order chi connectivity index (χ0) is 25.0. The number of anilines is 1. The molecule has 1 aliphatic heterocycles. The monoisotopic (exact) mass is 494 g/mol. The number of aromatic nitrogens is 1. The topological polar surface area (TPSA) is 16.1 Å². The van der Waals surface area contributed by atoms with Crippen LogP contribution in [0.5, 0.6) is 0 Å². The summed E-state index contributed by atoms with van der Waals surface area (Å²) >= 11 is 0. The SMILES string of the molecule is FC(F)(F)CCCCCCCCCc1cccc2cc3cc(N4CCC5CCCC=C54)ccc3nc12. The van der Waals surface area contributed by atoms with E-state index in [-0.39, 0.29) is 6.42 Å². The molecule has 1 fully saturated rings. The summed E-state index contributed by atoms with van der Waals surface area (Å²) in [5.41, 5.74) is 6.25. The molecule has 2 aromatic carbocycles. The van der Waals surface area contributed by atoms with Crippen molar-refractivity contribution in [2.75, 3.05) is 11.4 Å². The third-order valence-corrected chi connectivity index (χ3v) is 7.96. The van der Waals surface area contributed by atoms with Crippen molar-refractivity contribution in [2.45, 2.75) is 89.6 Å². The number of hydrogen-bond acceptors (Lipinski definition) is 2. The van der Waals surface area contributed by atoms with Gasteiger partial charge in [0.25, 0.3) is 0 Å². The first kappa shape index (κ1) is 25.1. The quantitative estimate of drug-likeness (QED) is 0.206. The molecular formula is C31H37F3N2. The molecule has 0 N–H and O–H groups in total. The Bertz CT molecular complexity index is 1210. The van der Waals surface area contributed by atoms with Crippen LogP contribution in [0.3, 0.4) is 0 Å². The van der Waals surface area contributed by atoms with Gasteiger partial charge in [0.1, 0.15) is 0 Å². The van der Waals surface area contributed by atoms with E-state index in [1.165, 1.54) is 53.4 Å². The van der Waals surface area contributed by atoms with Crippen molar-refractivity contribution in [3.63, 3.8) is 0 Å². The van der Waals surface area contributed by atoms with Gasteiger partial charge in [0.2, 0.25) is 0 Å². The normalized spacial score (nSPS) is 18.1. The Morgan fingerprint density at radius 1 is 0.861 bits per heavy atom. The van der Waals surface area contributed by atoms with Gasteiger partial charge in [-0.1, -0.05) is 56.4 Å². The highest BCUT2D eigenvalue weighted by molar-refractivity contribution is 5.95. The smallest absolute Gasteiger partial charge is 0.345 e. The molecule has 5 heteroatoms. The van der Waals surface area contributed by atoms with Gasteiger partial charge in [-0.05, 0) is 74.8 Å². The van der Waals surface area contributed by atoms with E-state index >= 15 is 0 Å². The third kappa shape index (κ3) is 6.04. The highest BCUT2D eigenvalue weighted by atomic mass is 19.4. The first-order valence-electron chi connectivity index (χ1n) is 13.8. The molecule has 5 rings (SSSR count). The van der Waals surface area contributed by atoms with Crippen molar-refractivity contribution in [3.8, 4) is 0 Å². The molecular weight excluding hydrogens is 457 g/mol. The number of benzene rings is 2. The van der Waals surface area contributed by atoms with Crippen molar-refractivity contribution in [1.82, 2.24) is 4.98 Å². The van der Waals surface area contributed by atoms with Crippen LogP contribution >= 0.6 is 0 Å². The fourth-order valence-electron chi connectivity index (χ4n) is 6.05. The predicted molar refractivity (Wildman–Crippen MR) is 143 cm³/mol. The molecule has 36 heavy (non-hydrogen) atoms. The number of rotatable bonds is 10. The minimum Gasteiger partial charge on any atom is -0.345 e. The van der Waals surface area contributed by atoms with E-state index in [0.29, 0.717) is 6.42 Å². The summed E-state index contributed by atoms with van der Waals surface area (Å²) in [6.45, 7) is 1.11. The summed E-state index contributed by atoms with van der Waals surface area (Å²) < 4.78 is 36.7. The van der Waals surface area contributed by atoms with E-state index in [1.54, 1.807) is 0 Å². The van der Waals surface area contributed by atoms with Crippen molar-refractivity contribution in [2.24, 2.45) is 5.92 Å². The Hall–Kier alpha value is -2.56. The van der Waals surface area contributed by atoms with Crippen molar-refractivity contribution < 1.29 is 13.2 Å². The highest BCUT2D eigenvalue weighted by Crippen LogP contribution is 2.39. The van der Waals surface area contributed by atoms with Crippen LogP contribution in [0.1, 0.15) is 82.6 Å². The minimum absolute atomic E-state index is 0.261. The van der Waals surface area contributed by atoms with Crippen LogP contribution in [-0.2, 0) is 6.42 Å². The molecule has 0 bridgehead atoms. The summed E-state index contributed by atoms with van der Waals surface area (Å²) in [7, 11) is 0. The third-order valence-electron chi connectivity index (χ3n) is 7.96. The molecule has 0 spiro atoms. The van der Waals surface area contributed by atoms with Gasteiger partial charge >= 0.3 is 6.18 Å². The molecule has 1 atom stereocenters. The standard InChI is InChI=1S/C31H37F3N2/c32-31(33,34)19-9-5-3-1-2-4-6-12-24-13-10-14-25-21-26-22-27(16-17-28(26)35-30(24)25)36-20-18-23-11-7-8-15-29(23)36/h10,13-17,21-23H,1-9,11-12,18-20H2. The van der Waals surface area contributed by atoms with Gasteiger partial charge in [0, 0.05) is 41.0 Å². The molecule has 0 amide bonds. The van der Waals surface area contributed by atoms with Crippen LogP contribution in [0.2, 0.25) is 0 Å². The molecule has 0 radical (unpaired) electrons. The van der Waals surface area contributed by atoms with Crippen LogP contribution < -0.4 is 4.90 Å². The lowest BCUT2D eigenvalue weighted by Gasteiger charge is -2.25. The molecule has 192 valence electrons. The van der Waals surface area contributed by atoms with E-state index in [2.05, 4.69) is 53.4 Å². The first-order chi connectivity index (χ1) is 17.5. The van der Waals surface area contributed by atoms with Gasteiger partial charge in [-0.15, -0.1) is 0 Å². The number of unbranched alkanes of at least 4 members (excludes halogenated alkanes) is 6. The van der Waals surface area contributed by atoms with E-state index in [0.717, 1.165) is 62.0 Å². The highest BCUT2D eigenvalue weighted by Gasteiger charge is 2.30. The maximum Gasteiger partial charge on any atom is 0.389 e. The first-order valence-corrected chi connectivity index (χ1v) is 13.8. The molecule has 1 aromatic heterocycles. The number of aryl methyl sites for hydroxylation is 1. The maximum absolute atomic E-state index is 12.2. The number of allylic oxidation sites excluding steroid dienone is 2. The molecule has 2 nitrogen and oxygen atoms in total. The van der Waals surface area contributed by atoms with E-state index in [4.69, 9.17) is 4.98 Å². The molecule has 1 unspecified atom stereocenters. The van der Waals surface area contributed by atoms with Crippen molar-refractivity contribution >= 4 is 27.5 Å². The summed E-state index contributed by atoms with van der Waals surface area (Å²) in [4.78, 5) is 7.58. The summed E-state index contributed by atoms with van der Waals surface area (Å²) in [6, 6.07) is 15.5. The second kappa shape index (κ2) is 11.2. The van der Waals surface area contributed by atoms with Gasteiger partial charge in [-0.25, -0.2) is 4.98 Å². The van der Waals surface area contributed by atoms with Crippen molar-refractivity contribution in [1.29, 1.82) is 0 Å². The van der Waals surface area contributed by atoms with E-state index < -0.39 is 12.6 Å². The van der Waals surface area contributed by atoms with Crippen LogP contribution in [0.25, 0.3) is 21.8 Å². The number of hydrogen-bond donors (Lipinski definition) is 0. The number of para-hydroxylation sites is 1. The summed E-state index contributed by atoms with van der Waals surface area (Å²) in [6.07, 6.45) is 10.0.